The molecular formula is C12H21ClN2S. The van der Waals surface area contributed by atoms with Gasteiger partial charge in [0.15, 0.2) is 0 Å². The molecule has 0 saturated heterocycles. The molecule has 1 rings (SSSR count). The summed E-state index contributed by atoms with van der Waals surface area (Å²) in [5.41, 5.74) is 1.19. The lowest BCUT2D eigenvalue weighted by atomic mass is 10.1. The van der Waals surface area contributed by atoms with Crippen LogP contribution < -0.4 is 0 Å². The summed E-state index contributed by atoms with van der Waals surface area (Å²) in [6.45, 7) is 6.40. The Morgan fingerprint density at radius 2 is 2.25 bits per heavy atom. The van der Waals surface area contributed by atoms with Gasteiger partial charge in [0.05, 0.1) is 10.7 Å². The molecule has 1 heterocycles. The predicted octanol–water partition coefficient (Wildman–Crippen LogP) is 3.54. The van der Waals surface area contributed by atoms with E-state index in [2.05, 4.69) is 36.2 Å². The van der Waals surface area contributed by atoms with Gasteiger partial charge in [0, 0.05) is 17.8 Å². The Morgan fingerprint density at radius 3 is 2.81 bits per heavy atom. The van der Waals surface area contributed by atoms with Crippen LogP contribution in [0.5, 0.6) is 0 Å². The Labute approximate surface area is 108 Å². The largest absolute Gasteiger partial charge is 0.301 e. The van der Waals surface area contributed by atoms with E-state index in [9.17, 15) is 0 Å². The number of hydrogen-bond acceptors (Lipinski definition) is 3. The molecule has 2 nitrogen and oxygen atoms in total. The predicted molar refractivity (Wildman–Crippen MR) is 72.3 cm³/mol. The lowest BCUT2D eigenvalue weighted by molar-refractivity contribution is 0.294. The SMILES string of the molecule is Cc1nc(CN(C)CCC(C)CCCl)cs1. The van der Waals surface area contributed by atoms with Crippen molar-refractivity contribution in [3.63, 3.8) is 0 Å². The van der Waals surface area contributed by atoms with E-state index < -0.39 is 0 Å². The summed E-state index contributed by atoms with van der Waals surface area (Å²) in [5, 5.41) is 3.30. The number of nitrogens with zero attached hydrogens (tertiary/aromatic N) is 2. The topological polar surface area (TPSA) is 16.1 Å². The molecule has 0 spiro atoms. The number of aromatic nitrogens is 1. The molecule has 0 bridgehead atoms. The lowest BCUT2D eigenvalue weighted by Gasteiger charge is -2.17. The van der Waals surface area contributed by atoms with Gasteiger partial charge < -0.3 is 4.90 Å². The molecule has 1 unspecified atom stereocenters. The van der Waals surface area contributed by atoms with Crippen LogP contribution in [-0.2, 0) is 6.54 Å². The van der Waals surface area contributed by atoms with Crippen molar-refractivity contribution in [2.45, 2.75) is 33.2 Å². The molecule has 1 atom stereocenters. The molecule has 0 amide bonds. The minimum Gasteiger partial charge on any atom is -0.301 e. The van der Waals surface area contributed by atoms with Crippen molar-refractivity contribution in [3.8, 4) is 0 Å². The maximum absolute atomic E-state index is 5.72. The Morgan fingerprint density at radius 1 is 1.50 bits per heavy atom. The van der Waals surface area contributed by atoms with Crippen molar-refractivity contribution in [3.05, 3.63) is 16.1 Å². The first-order chi connectivity index (χ1) is 7.61. The van der Waals surface area contributed by atoms with Gasteiger partial charge in [-0.15, -0.1) is 22.9 Å². The zero-order valence-corrected chi connectivity index (χ0v) is 11.9. The van der Waals surface area contributed by atoms with E-state index in [1.807, 2.05) is 0 Å². The van der Waals surface area contributed by atoms with Crippen LogP contribution >= 0.6 is 22.9 Å². The van der Waals surface area contributed by atoms with E-state index in [4.69, 9.17) is 11.6 Å². The minimum absolute atomic E-state index is 0.720. The summed E-state index contributed by atoms with van der Waals surface area (Å²) in [7, 11) is 2.15. The van der Waals surface area contributed by atoms with Crippen LogP contribution in [0.4, 0.5) is 0 Å². The van der Waals surface area contributed by atoms with E-state index in [1.54, 1.807) is 11.3 Å². The van der Waals surface area contributed by atoms with Gasteiger partial charge in [-0.05, 0) is 39.3 Å². The van der Waals surface area contributed by atoms with Gasteiger partial charge in [0.1, 0.15) is 0 Å². The number of halogens is 1. The molecule has 0 saturated carbocycles. The number of thiazole rings is 1. The number of hydrogen-bond donors (Lipinski definition) is 0. The van der Waals surface area contributed by atoms with Gasteiger partial charge in [0.25, 0.3) is 0 Å². The Hall–Kier alpha value is -0.120. The fourth-order valence-corrected chi connectivity index (χ4v) is 2.58. The Balaban J connectivity index is 2.23. The maximum Gasteiger partial charge on any atom is 0.0897 e. The highest BCUT2D eigenvalue weighted by atomic mass is 35.5. The van der Waals surface area contributed by atoms with Gasteiger partial charge in [-0.3, -0.25) is 0 Å². The number of rotatable bonds is 7. The molecule has 1 aromatic rings. The highest BCUT2D eigenvalue weighted by Crippen LogP contribution is 2.12. The van der Waals surface area contributed by atoms with E-state index in [-0.39, 0.29) is 0 Å². The first-order valence-corrected chi connectivity index (χ1v) is 7.18. The van der Waals surface area contributed by atoms with E-state index >= 15 is 0 Å². The van der Waals surface area contributed by atoms with E-state index in [1.165, 1.54) is 12.1 Å². The Kier molecular flexibility index (Phi) is 6.32. The maximum atomic E-state index is 5.72. The van der Waals surface area contributed by atoms with Crippen LogP contribution in [0, 0.1) is 12.8 Å². The molecule has 1 aromatic heterocycles. The average molecular weight is 261 g/mol. The smallest absolute Gasteiger partial charge is 0.0897 e. The van der Waals surface area contributed by atoms with Crippen LogP contribution in [0.25, 0.3) is 0 Å². The van der Waals surface area contributed by atoms with Crippen LogP contribution in [0.15, 0.2) is 5.38 Å². The summed E-state index contributed by atoms with van der Waals surface area (Å²) < 4.78 is 0. The number of aryl methyl sites for hydroxylation is 1. The summed E-state index contributed by atoms with van der Waals surface area (Å²) in [4.78, 5) is 6.80. The van der Waals surface area contributed by atoms with E-state index in [0.717, 1.165) is 36.3 Å². The van der Waals surface area contributed by atoms with Gasteiger partial charge in [-0.1, -0.05) is 6.92 Å². The summed E-state index contributed by atoms with van der Waals surface area (Å²) in [6.07, 6.45) is 2.33. The van der Waals surface area contributed by atoms with Crippen molar-refractivity contribution in [2.75, 3.05) is 19.5 Å². The monoisotopic (exact) mass is 260 g/mol. The first-order valence-electron chi connectivity index (χ1n) is 5.77. The molecule has 0 aromatic carbocycles. The third-order valence-electron chi connectivity index (χ3n) is 2.70. The zero-order chi connectivity index (χ0) is 12.0. The molecule has 4 heteroatoms. The second-order valence-corrected chi connectivity index (χ2v) is 5.91. The quantitative estimate of drug-likeness (QED) is 0.697. The average Bonchev–Trinajstić information content (AvgIpc) is 2.61. The highest BCUT2D eigenvalue weighted by Gasteiger charge is 2.06. The second-order valence-electron chi connectivity index (χ2n) is 4.47. The first kappa shape index (κ1) is 13.9. The summed E-state index contributed by atoms with van der Waals surface area (Å²) >= 11 is 7.45. The van der Waals surface area contributed by atoms with Crippen molar-refractivity contribution >= 4 is 22.9 Å². The Bertz CT molecular complexity index is 301. The van der Waals surface area contributed by atoms with Crippen molar-refractivity contribution < 1.29 is 0 Å². The van der Waals surface area contributed by atoms with Gasteiger partial charge >= 0.3 is 0 Å². The molecule has 0 fully saturated rings. The van der Waals surface area contributed by atoms with E-state index in [0.29, 0.717) is 0 Å². The molecule has 0 radical (unpaired) electrons. The molecule has 0 aliphatic carbocycles. The minimum atomic E-state index is 0.720. The zero-order valence-electron chi connectivity index (χ0n) is 10.4. The van der Waals surface area contributed by atoms with Crippen LogP contribution in [0.1, 0.15) is 30.5 Å². The third kappa shape index (κ3) is 5.28. The van der Waals surface area contributed by atoms with Crippen LogP contribution in [0.2, 0.25) is 0 Å². The second kappa shape index (κ2) is 7.25. The summed E-state index contributed by atoms with van der Waals surface area (Å²) in [6, 6.07) is 0. The fourth-order valence-electron chi connectivity index (χ4n) is 1.61. The van der Waals surface area contributed by atoms with Gasteiger partial charge in [-0.25, -0.2) is 4.98 Å². The molecular weight excluding hydrogens is 240 g/mol. The third-order valence-corrected chi connectivity index (χ3v) is 3.74. The summed E-state index contributed by atoms with van der Waals surface area (Å²) in [5.74, 6) is 1.49. The highest BCUT2D eigenvalue weighted by molar-refractivity contribution is 7.09. The molecule has 16 heavy (non-hydrogen) atoms. The van der Waals surface area contributed by atoms with Crippen LogP contribution in [-0.4, -0.2) is 29.4 Å². The molecule has 92 valence electrons. The van der Waals surface area contributed by atoms with Gasteiger partial charge in [0.2, 0.25) is 0 Å². The lowest BCUT2D eigenvalue weighted by Crippen LogP contribution is -2.21. The molecule has 0 aliphatic rings. The van der Waals surface area contributed by atoms with Crippen molar-refractivity contribution in [1.82, 2.24) is 9.88 Å². The normalized spacial score (nSPS) is 13.3. The molecule has 0 aliphatic heterocycles. The van der Waals surface area contributed by atoms with Gasteiger partial charge in [-0.2, -0.15) is 0 Å². The molecule has 0 N–H and O–H groups in total. The standard InChI is InChI=1S/C12H21ClN2S/c1-10(4-6-13)5-7-15(3)8-12-9-16-11(2)14-12/h9-10H,4-8H2,1-3H3. The van der Waals surface area contributed by atoms with Crippen molar-refractivity contribution in [1.29, 1.82) is 0 Å². The number of alkyl halides is 1. The fraction of sp³-hybridized carbons (Fsp3) is 0.750. The van der Waals surface area contributed by atoms with Crippen molar-refractivity contribution in [2.24, 2.45) is 5.92 Å². The van der Waals surface area contributed by atoms with Crippen LogP contribution in [0.3, 0.4) is 0 Å².